The highest BCUT2D eigenvalue weighted by Gasteiger charge is 2.41. The molecule has 1 aliphatic heterocycles. The third kappa shape index (κ3) is 2.71. The van der Waals surface area contributed by atoms with Crippen LogP contribution in [0, 0.1) is 11.3 Å². The number of carbonyl (C=O) groups is 1. The van der Waals surface area contributed by atoms with Gasteiger partial charge in [-0.05, 0) is 31.1 Å². The summed E-state index contributed by atoms with van der Waals surface area (Å²) in [5, 5.41) is 3.44. The first-order valence-corrected chi connectivity index (χ1v) is 7.49. The molecule has 1 aliphatic carbocycles. The Balaban J connectivity index is 2.02. The Kier molecular flexibility index (Phi) is 4.00. The third-order valence-electron chi connectivity index (χ3n) is 4.72. The van der Waals surface area contributed by atoms with Crippen molar-refractivity contribution in [1.82, 2.24) is 10.2 Å². The summed E-state index contributed by atoms with van der Waals surface area (Å²) < 4.78 is 0. The van der Waals surface area contributed by atoms with Crippen molar-refractivity contribution in [3.8, 4) is 0 Å². The van der Waals surface area contributed by atoms with Gasteiger partial charge in [-0.25, -0.2) is 0 Å². The van der Waals surface area contributed by atoms with Crippen LogP contribution in [0.4, 0.5) is 0 Å². The van der Waals surface area contributed by atoms with Gasteiger partial charge in [-0.1, -0.05) is 40.0 Å². The monoisotopic (exact) mass is 252 g/mol. The number of hydrogen-bond acceptors (Lipinski definition) is 2. The van der Waals surface area contributed by atoms with Crippen LogP contribution in [-0.4, -0.2) is 29.6 Å². The second-order valence-electron chi connectivity index (χ2n) is 6.90. The summed E-state index contributed by atoms with van der Waals surface area (Å²) in [6.45, 7) is 9.65. The van der Waals surface area contributed by atoms with Gasteiger partial charge in [0.05, 0.1) is 12.2 Å². The zero-order valence-corrected chi connectivity index (χ0v) is 12.3. The molecule has 3 nitrogen and oxygen atoms in total. The number of nitrogens with one attached hydrogen (secondary N) is 1. The van der Waals surface area contributed by atoms with E-state index in [9.17, 15) is 4.79 Å². The summed E-state index contributed by atoms with van der Waals surface area (Å²) >= 11 is 0. The first-order valence-electron chi connectivity index (χ1n) is 7.49. The number of rotatable bonds is 3. The van der Waals surface area contributed by atoms with Crippen LogP contribution in [0.3, 0.4) is 0 Å². The predicted molar refractivity (Wildman–Crippen MR) is 74.1 cm³/mol. The highest BCUT2D eigenvalue weighted by molar-refractivity contribution is 5.84. The van der Waals surface area contributed by atoms with Crippen molar-refractivity contribution in [3.63, 3.8) is 0 Å². The largest absolute Gasteiger partial charge is 0.326 e. The predicted octanol–water partition coefficient (Wildman–Crippen LogP) is 2.76. The van der Waals surface area contributed by atoms with Crippen LogP contribution < -0.4 is 5.32 Å². The van der Waals surface area contributed by atoms with Crippen molar-refractivity contribution < 1.29 is 4.79 Å². The quantitative estimate of drug-likeness (QED) is 0.837. The number of amides is 1. The number of hydrogen-bond donors (Lipinski definition) is 1. The Hall–Kier alpha value is -0.570. The molecule has 2 fully saturated rings. The fourth-order valence-corrected chi connectivity index (χ4v) is 3.46. The molecule has 2 aliphatic rings. The van der Waals surface area contributed by atoms with Crippen molar-refractivity contribution in [2.75, 3.05) is 6.54 Å². The van der Waals surface area contributed by atoms with Gasteiger partial charge in [0.1, 0.15) is 0 Å². The molecule has 104 valence electrons. The highest BCUT2D eigenvalue weighted by atomic mass is 16.2. The van der Waals surface area contributed by atoms with Crippen LogP contribution in [0.1, 0.15) is 59.8 Å². The summed E-state index contributed by atoms with van der Waals surface area (Å²) in [5.41, 5.74) is 0.343. The van der Waals surface area contributed by atoms with Crippen LogP contribution >= 0.6 is 0 Å². The second kappa shape index (κ2) is 5.20. The first kappa shape index (κ1) is 13.9. The van der Waals surface area contributed by atoms with Gasteiger partial charge in [-0.2, -0.15) is 0 Å². The molecule has 1 N–H and O–H groups in total. The van der Waals surface area contributed by atoms with Gasteiger partial charge in [0, 0.05) is 6.54 Å². The van der Waals surface area contributed by atoms with Crippen molar-refractivity contribution in [2.45, 2.75) is 72.0 Å². The molecule has 2 unspecified atom stereocenters. The van der Waals surface area contributed by atoms with Crippen LogP contribution in [0.25, 0.3) is 0 Å². The van der Waals surface area contributed by atoms with Gasteiger partial charge in [0.2, 0.25) is 5.91 Å². The smallest absolute Gasteiger partial charge is 0.241 e. The van der Waals surface area contributed by atoms with Gasteiger partial charge < -0.3 is 4.90 Å². The minimum atomic E-state index is 0.0205. The summed E-state index contributed by atoms with van der Waals surface area (Å²) in [6, 6.07) is 0.0205. The molecule has 18 heavy (non-hydrogen) atoms. The first-order chi connectivity index (χ1) is 8.43. The number of carbonyl (C=O) groups excluding carboxylic acids is 1. The van der Waals surface area contributed by atoms with Gasteiger partial charge in [-0.3, -0.25) is 10.1 Å². The maximum absolute atomic E-state index is 12.4. The third-order valence-corrected chi connectivity index (χ3v) is 4.72. The minimum Gasteiger partial charge on any atom is -0.326 e. The highest BCUT2D eigenvalue weighted by Crippen LogP contribution is 2.37. The van der Waals surface area contributed by atoms with E-state index in [1.54, 1.807) is 0 Å². The minimum absolute atomic E-state index is 0.0205. The maximum Gasteiger partial charge on any atom is 0.241 e. The van der Waals surface area contributed by atoms with Crippen LogP contribution in [0.5, 0.6) is 0 Å². The molecule has 3 heteroatoms. The molecule has 0 bridgehead atoms. The summed E-state index contributed by atoms with van der Waals surface area (Å²) in [7, 11) is 0. The lowest BCUT2D eigenvalue weighted by Crippen LogP contribution is -2.43. The fourth-order valence-electron chi connectivity index (χ4n) is 3.46. The van der Waals surface area contributed by atoms with Crippen LogP contribution in [0.2, 0.25) is 0 Å². The van der Waals surface area contributed by atoms with Gasteiger partial charge in [0.15, 0.2) is 0 Å². The maximum atomic E-state index is 12.4. The average molecular weight is 252 g/mol. The lowest BCUT2D eigenvalue weighted by molar-refractivity contribution is -0.132. The van der Waals surface area contributed by atoms with E-state index in [1.807, 2.05) is 0 Å². The normalized spacial score (nSPS) is 32.3. The standard InChI is InChI=1S/C15H28N2O/c1-11(2)13-14(18)17(12(3)16-13)10-15(4)8-6-5-7-9-15/h11-13,16H,5-10H2,1-4H3. The molecule has 1 heterocycles. The van der Waals surface area contributed by atoms with Gasteiger partial charge >= 0.3 is 0 Å². The molecule has 0 aromatic carbocycles. The Morgan fingerprint density at radius 3 is 2.44 bits per heavy atom. The summed E-state index contributed by atoms with van der Waals surface area (Å²) in [4.78, 5) is 14.5. The van der Waals surface area contributed by atoms with Crippen LogP contribution in [0.15, 0.2) is 0 Å². The molecule has 0 radical (unpaired) electrons. The average Bonchev–Trinajstić information content (AvgIpc) is 2.58. The molecule has 2 atom stereocenters. The van der Waals surface area contributed by atoms with Crippen molar-refractivity contribution in [2.24, 2.45) is 11.3 Å². The Morgan fingerprint density at radius 1 is 1.33 bits per heavy atom. The second-order valence-corrected chi connectivity index (χ2v) is 6.90. The SMILES string of the molecule is CC(C)C1NC(C)N(CC2(C)CCCCC2)C1=O. The topological polar surface area (TPSA) is 32.3 Å². The lowest BCUT2D eigenvalue weighted by atomic mass is 9.75. The van der Waals surface area contributed by atoms with E-state index in [-0.39, 0.29) is 12.2 Å². The lowest BCUT2D eigenvalue weighted by Gasteiger charge is -2.38. The molecule has 1 saturated heterocycles. The van der Waals surface area contributed by atoms with E-state index in [0.29, 0.717) is 17.2 Å². The molecule has 0 spiro atoms. The summed E-state index contributed by atoms with van der Waals surface area (Å²) in [5.74, 6) is 0.688. The zero-order valence-electron chi connectivity index (χ0n) is 12.3. The fraction of sp³-hybridized carbons (Fsp3) is 0.933. The molecule has 2 rings (SSSR count). The van der Waals surface area contributed by atoms with E-state index < -0.39 is 0 Å². The van der Waals surface area contributed by atoms with Crippen LogP contribution in [-0.2, 0) is 4.79 Å². The molecular formula is C15H28N2O. The molecule has 1 saturated carbocycles. The molecule has 0 aromatic heterocycles. The molecule has 0 aromatic rings. The van der Waals surface area contributed by atoms with Crippen molar-refractivity contribution >= 4 is 5.91 Å². The summed E-state index contributed by atoms with van der Waals surface area (Å²) in [6.07, 6.45) is 6.77. The van der Waals surface area contributed by atoms with E-state index in [0.717, 1.165) is 6.54 Å². The van der Waals surface area contributed by atoms with E-state index in [4.69, 9.17) is 0 Å². The van der Waals surface area contributed by atoms with Gasteiger partial charge in [0.25, 0.3) is 0 Å². The Morgan fingerprint density at radius 2 is 1.94 bits per heavy atom. The van der Waals surface area contributed by atoms with E-state index in [1.165, 1.54) is 32.1 Å². The Bertz CT molecular complexity index is 308. The van der Waals surface area contributed by atoms with Gasteiger partial charge in [-0.15, -0.1) is 0 Å². The van der Waals surface area contributed by atoms with E-state index in [2.05, 4.69) is 37.9 Å². The number of nitrogens with zero attached hydrogens (tertiary/aromatic N) is 1. The molecular weight excluding hydrogens is 224 g/mol. The van der Waals surface area contributed by atoms with Crippen molar-refractivity contribution in [1.29, 1.82) is 0 Å². The molecule has 1 amide bonds. The Labute approximate surface area is 111 Å². The van der Waals surface area contributed by atoms with E-state index >= 15 is 0 Å². The van der Waals surface area contributed by atoms with Crippen molar-refractivity contribution in [3.05, 3.63) is 0 Å². The zero-order chi connectivity index (χ0) is 13.3.